The highest BCUT2D eigenvalue weighted by molar-refractivity contribution is 7.93. The Kier molecular flexibility index (Phi) is 3.82. The Morgan fingerprint density at radius 2 is 1.90 bits per heavy atom. The number of anilines is 2. The van der Waals surface area contributed by atoms with Crippen LogP contribution >= 0.6 is 0 Å². The van der Waals surface area contributed by atoms with E-state index < -0.39 is 15.8 Å². The maximum Gasteiger partial charge on any atom is 0.264 e. The van der Waals surface area contributed by atoms with Crippen LogP contribution in [0.5, 0.6) is 0 Å². The van der Waals surface area contributed by atoms with Gasteiger partial charge >= 0.3 is 0 Å². The number of nitrogens with two attached hydrogens (primary N) is 1. The number of sulfonamides is 1. The van der Waals surface area contributed by atoms with E-state index in [2.05, 4.69) is 4.72 Å². The molecule has 2 aromatic carbocycles. The minimum Gasteiger partial charge on any atom is -0.398 e. The quantitative estimate of drug-likeness (QED) is 0.851. The maximum absolute atomic E-state index is 13.5. The van der Waals surface area contributed by atoms with Crippen molar-refractivity contribution in [1.82, 2.24) is 0 Å². The van der Waals surface area contributed by atoms with Crippen molar-refractivity contribution in [3.8, 4) is 6.07 Å². The summed E-state index contributed by atoms with van der Waals surface area (Å²) in [4.78, 5) is -0.0850. The van der Waals surface area contributed by atoms with Gasteiger partial charge in [-0.1, -0.05) is 18.2 Å². The summed E-state index contributed by atoms with van der Waals surface area (Å²) in [6.07, 6.45) is 0. The van der Waals surface area contributed by atoms with Gasteiger partial charge in [0.1, 0.15) is 22.3 Å². The zero-order valence-electron chi connectivity index (χ0n) is 11.1. The molecule has 0 amide bonds. The number of hydrogen-bond acceptors (Lipinski definition) is 4. The number of nitrogens with zero attached hydrogens (tertiary/aromatic N) is 1. The Morgan fingerprint density at radius 1 is 1.24 bits per heavy atom. The van der Waals surface area contributed by atoms with E-state index in [0.29, 0.717) is 5.56 Å². The largest absolute Gasteiger partial charge is 0.398 e. The third-order valence-electron chi connectivity index (χ3n) is 2.88. The molecule has 0 unspecified atom stereocenters. The molecule has 0 bridgehead atoms. The fourth-order valence-electron chi connectivity index (χ4n) is 1.96. The fraction of sp³-hybridized carbons (Fsp3) is 0.0714. The van der Waals surface area contributed by atoms with Crippen LogP contribution in [-0.2, 0) is 10.0 Å². The van der Waals surface area contributed by atoms with Gasteiger partial charge in [0.15, 0.2) is 0 Å². The van der Waals surface area contributed by atoms with Crippen molar-refractivity contribution in [2.75, 3.05) is 10.5 Å². The van der Waals surface area contributed by atoms with Gasteiger partial charge in [-0.15, -0.1) is 0 Å². The van der Waals surface area contributed by atoms with Gasteiger partial charge in [0.05, 0.1) is 11.4 Å². The minimum atomic E-state index is -4.02. The van der Waals surface area contributed by atoms with Crippen molar-refractivity contribution in [1.29, 1.82) is 5.26 Å². The van der Waals surface area contributed by atoms with Gasteiger partial charge in [0, 0.05) is 0 Å². The highest BCUT2D eigenvalue weighted by Crippen LogP contribution is 2.26. The summed E-state index contributed by atoms with van der Waals surface area (Å²) < 4.78 is 40.5. The van der Waals surface area contributed by atoms with Crippen LogP contribution < -0.4 is 10.5 Å². The molecule has 7 heteroatoms. The standard InChI is InChI=1S/C14H12FN3O2S/c1-9-4-2-6-12(17)14(9)21(19,20)18-13-7-3-5-11(15)10(13)8-16/h2-7,18H,17H2,1H3. The average Bonchev–Trinajstić information content (AvgIpc) is 2.38. The van der Waals surface area contributed by atoms with Gasteiger partial charge in [0.25, 0.3) is 10.0 Å². The molecule has 5 nitrogen and oxygen atoms in total. The molecule has 108 valence electrons. The van der Waals surface area contributed by atoms with Crippen molar-refractivity contribution in [3.63, 3.8) is 0 Å². The number of hydrogen-bond donors (Lipinski definition) is 2. The number of nitrogen functional groups attached to an aromatic ring is 1. The predicted molar refractivity (Wildman–Crippen MR) is 77.5 cm³/mol. The van der Waals surface area contributed by atoms with Crippen molar-refractivity contribution in [3.05, 3.63) is 53.3 Å². The Bertz CT molecular complexity index is 822. The number of halogens is 1. The summed E-state index contributed by atoms with van der Waals surface area (Å²) in [5.74, 6) is -0.796. The summed E-state index contributed by atoms with van der Waals surface area (Å²) in [5.41, 5.74) is 5.75. The number of aryl methyl sites for hydroxylation is 1. The van der Waals surface area contributed by atoms with E-state index in [4.69, 9.17) is 11.0 Å². The van der Waals surface area contributed by atoms with E-state index in [0.717, 1.165) is 6.07 Å². The van der Waals surface area contributed by atoms with Crippen molar-refractivity contribution in [2.24, 2.45) is 0 Å². The van der Waals surface area contributed by atoms with Gasteiger partial charge in [-0.25, -0.2) is 12.8 Å². The molecule has 2 aromatic rings. The number of rotatable bonds is 3. The van der Waals surface area contributed by atoms with E-state index in [1.165, 1.54) is 18.2 Å². The first-order chi connectivity index (χ1) is 9.86. The van der Waals surface area contributed by atoms with E-state index in [1.54, 1.807) is 25.1 Å². The summed E-state index contributed by atoms with van der Waals surface area (Å²) in [6, 6.07) is 10.0. The lowest BCUT2D eigenvalue weighted by Gasteiger charge is -2.13. The first-order valence-electron chi connectivity index (χ1n) is 5.93. The lowest BCUT2D eigenvalue weighted by Crippen LogP contribution is -2.17. The van der Waals surface area contributed by atoms with Gasteiger partial charge in [-0.3, -0.25) is 4.72 Å². The third kappa shape index (κ3) is 2.80. The van der Waals surface area contributed by atoms with Gasteiger partial charge < -0.3 is 5.73 Å². The molecular formula is C14H12FN3O2S. The third-order valence-corrected chi connectivity index (χ3v) is 4.46. The lowest BCUT2D eigenvalue weighted by atomic mass is 10.2. The molecule has 3 N–H and O–H groups in total. The molecule has 0 aromatic heterocycles. The fourth-order valence-corrected chi connectivity index (χ4v) is 3.39. The molecule has 21 heavy (non-hydrogen) atoms. The molecule has 0 atom stereocenters. The molecule has 0 aliphatic rings. The highest BCUT2D eigenvalue weighted by Gasteiger charge is 2.22. The van der Waals surface area contributed by atoms with Crippen molar-refractivity contribution < 1.29 is 12.8 Å². The summed E-state index contributed by atoms with van der Waals surface area (Å²) >= 11 is 0. The molecular weight excluding hydrogens is 293 g/mol. The summed E-state index contributed by atoms with van der Waals surface area (Å²) in [7, 11) is -4.02. The highest BCUT2D eigenvalue weighted by atomic mass is 32.2. The second-order valence-electron chi connectivity index (χ2n) is 4.37. The van der Waals surface area contributed by atoms with Gasteiger partial charge in [-0.05, 0) is 30.7 Å². The van der Waals surface area contributed by atoms with Crippen LogP contribution in [0.4, 0.5) is 15.8 Å². The molecule has 0 saturated heterocycles. The van der Waals surface area contributed by atoms with Gasteiger partial charge in [0.2, 0.25) is 0 Å². The SMILES string of the molecule is Cc1cccc(N)c1S(=O)(=O)Nc1cccc(F)c1C#N. The predicted octanol–water partition coefficient (Wildman–Crippen LogP) is 2.39. The Balaban J connectivity index is 2.54. The van der Waals surface area contributed by atoms with Crippen LogP contribution in [-0.4, -0.2) is 8.42 Å². The average molecular weight is 305 g/mol. The van der Waals surface area contributed by atoms with Crippen LogP contribution in [0.3, 0.4) is 0 Å². The van der Waals surface area contributed by atoms with Crippen molar-refractivity contribution in [2.45, 2.75) is 11.8 Å². The second-order valence-corrected chi connectivity index (χ2v) is 5.99. The van der Waals surface area contributed by atoms with Crippen LogP contribution in [0.25, 0.3) is 0 Å². The second kappa shape index (κ2) is 5.42. The molecule has 0 spiro atoms. The Labute approximate surface area is 121 Å². The summed E-state index contributed by atoms with van der Waals surface area (Å²) in [5, 5.41) is 8.93. The minimum absolute atomic E-state index is 0.0809. The number of benzene rings is 2. The Morgan fingerprint density at radius 3 is 2.52 bits per heavy atom. The first kappa shape index (κ1) is 14.8. The normalized spacial score (nSPS) is 10.9. The zero-order valence-corrected chi connectivity index (χ0v) is 11.9. The smallest absolute Gasteiger partial charge is 0.264 e. The number of nitriles is 1. The number of nitrogens with one attached hydrogen (secondary N) is 1. The van der Waals surface area contributed by atoms with E-state index in [9.17, 15) is 12.8 Å². The lowest BCUT2D eigenvalue weighted by molar-refractivity contribution is 0.601. The van der Waals surface area contributed by atoms with E-state index >= 15 is 0 Å². The molecule has 0 fully saturated rings. The molecule has 0 radical (unpaired) electrons. The monoisotopic (exact) mass is 305 g/mol. The van der Waals surface area contributed by atoms with Crippen molar-refractivity contribution >= 4 is 21.4 Å². The summed E-state index contributed by atoms with van der Waals surface area (Å²) in [6.45, 7) is 1.60. The van der Waals surface area contributed by atoms with Gasteiger partial charge in [-0.2, -0.15) is 5.26 Å². The van der Waals surface area contributed by atoms with E-state index in [-0.39, 0.29) is 21.8 Å². The van der Waals surface area contributed by atoms with Crippen LogP contribution in [0.1, 0.15) is 11.1 Å². The molecule has 0 aliphatic heterocycles. The molecule has 2 rings (SSSR count). The Hall–Kier alpha value is -2.59. The maximum atomic E-state index is 13.5. The molecule has 0 saturated carbocycles. The van der Waals surface area contributed by atoms with E-state index in [1.807, 2.05) is 0 Å². The van der Waals surface area contributed by atoms with Crippen LogP contribution in [0, 0.1) is 24.1 Å². The van der Waals surface area contributed by atoms with Crippen LogP contribution in [0.15, 0.2) is 41.3 Å². The molecule has 0 heterocycles. The molecule has 0 aliphatic carbocycles. The van der Waals surface area contributed by atoms with Crippen LogP contribution in [0.2, 0.25) is 0 Å². The first-order valence-corrected chi connectivity index (χ1v) is 7.41. The zero-order chi connectivity index (χ0) is 15.6. The topological polar surface area (TPSA) is 96.0 Å².